The van der Waals surface area contributed by atoms with Crippen molar-refractivity contribution in [2.24, 2.45) is 11.8 Å². The van der Waals surface area contributed by atoms with Crippen LogP contribution in [0.1, 0.15) is 84.0 Å². The highest BCUT2D eigenvalue weighted by Gasteiger charge is 2.21. The predicted octanol–water partition coefficient (Wildman–Crippen LogP) is 2.67. The molecule has 0 heterocycles. The molecule has 1 unspecified atom stereocenters. The standard InChI is InChI=1S/C22H41N6O4/c1-3-17(2)16-25-21(30)19(13-9-15-24-22(23)27-28(31)32)26-20(29)14-8-7-12-18-10-5-4-6-11-18/h17-19H,1,3-16H2,2H3,(H,25,30)(H,26,29)(H3,23,24,27)/t17?,19-/m0/s1. The lowest BCUT2D eigenvalue weighted by molar-refractivity contribution is -0.525. The van der Waals surface area contributed by atoms with Crippen molar-refractivity contribution < 1.29 is 14.6 Å². The third kappa shape index (κ3) is 13.1. The van der Waals surface area contributed by atoms with Gasteiger partial charge in [-0.1, -0.05) is 64.2 Å². The summed E-state index contributed by atoms with van der Waals surface area (Å²) in [5, 5.41) is 25.2. The lowest BCUT2D eigenvalue weighted by Gasteiger charge is -2.21. The number of hydrogen-bond acceptors (Lipinski definition) is 5. The van der Waals surface area contributed by atoms with E-state index in [2.05, 4.69) is 22.9 Å². The molecule has 5 N–H and O–H groups in total. The molecule has 1 radical (unpaired) electrons. The van der Waals surface area contributed by atoms with E-state index >= 15 is 0 Å². The molecular formula is C22H41N6O4. The highest BCUT2D eigenvalue weighted by Crippen LogP contribution is 2.27. The van der Waals surface area contributed by atoms with Crippen LogP contribution in [0.3, 0.4) is 0 Å². The molecule has 10 nitrogen and oxygen atoms in total. The van der Waals surface area contributed by atoms with Crippen molar-refractivity contribution in [2.45, 2.75) is 90.0 Å². The van der Waals surface area contributed by atoms with Gasteiger partial charge in [-0.15, -0.1) is 0 Å². The Morgan fingerprint density at radius 3 is 2.53 bits per heavy atom. The zero-order valence-electron chi connectivity index (χ0n) is 19.4. The molecule has 0 aliphatic heterocycles. The quantitative estimate of drug-likeness (QED) is 0.0846. The number of nitro groups is 1. The van der Waals surface area contributed by atoms with E-state index in [1.165, 1.54) is 38.5 Å². The minimum Gasteiger partial charge on any atom is -0.354 e. The van der Waals surface area contributed by atoms with E-state index < -0.39 is 17.0 Å². The van der Waals surface area contributed by atoms with Crippen LogP contribution in [0, 0.1) is 34.3 Å². The maximum Gasteiger partial charge on any atom is 0.251 e. The number of hydrogen-bond donors (Lipinski definition) is 5. The molecule has 0 aromatic rings. The van der Waals surface area contributed by atoms with Crippen molar-refractivity contribution in [1.82, 2.24) is 21.4 Å². The Kier molecular flexibility index (Phi) is 14.1. The summed E-state index contributed by atoms with van der Waals surface area (Å²) in [6.45, 7) is 6.58. The van der Waals surface area contributed by atoms with E-state index in [0.29, 0.717) is 32.2 Å². The van der Waals surface area contributed by atoms with Crippen LogP contribution in [-0.4, -0.2) is 41.9 Å². The summed E-state index contributed by atoms with van der Waals surface area (Å²) >= 11 is 0. The van der Waals surface area contributed by atoms with Gasteiger partial charge in [-0.3, -0.25) is 15.0 Å². The molecule has 0 saturated heterocycles. The first-order valence-electron chi connectivity index (χ1n) is 11.9. The molecule has 0 bridgehead atoms. The highest BCUT2D eigenvalue weighted by molar-refractivity contribution is 5.87. The van der Waals surface area contributed by atoms with Crippen molar-refractivity contribution in [1.29, 1.82) is 5.41 Å². The molecule has 1 aliphatic rings. The molecule has 1 rings (SSSR count). The van der Waals surface area contributed by atoms with Crippen molar-refractivity contribution in [3.05, 3.63) is 17.0 Å². The molecule has 10 heteroatoms. The molecule has 2 amide bonds. The molecule has 0 spiro atoms. The van der Waals surface area contributed by atoms with Gasteiger partial charge < -0.3 is 16.0 Å². The van der Waals surface area contributed by atoms with Crippen LogP contribution in [0.25, 0.3) is 0 Å². The lowest BCUT2D eigenvalue weighted by atomic mass is 9.85. The topological polar surface area (TPSA) is 149 Å². The van der Waals surface area contributed by atoms with Gasteiger partial charge in [0.2, 0.25) is 11.8 Å². The van der Waals surface area contributed by atoms with Crippen molar-refractivity contribution in [3.8, 4) is 0 Å². The van der Waals surface area contributed by atoms with Crippen LogP contribution in [0.2, 0.25) is 0 Å². The van der Waals surface area contributed by atoms with E-state index in [1.807, 2.05) is 6.92 Å². The number of amides is 2. The highest BCUT2D eigenvalue weighted by atomic mass is 16.7. The summed E-state index contributed by atoms with van der Waals surface area (Å²) < 4.78 is 0. The second-order valence-corrected chi connectivity index (χ2v) is 8.82. The van der Waals surface area contributed by atoms with Gasteiger partial charge in [-0.2, -0.15) is 0 Å². The Morgan fingerprint density at radius 2 is 1.88 bits per heavy atom. The van der Waals surface area contributed by atoms with Crippen LogP contribution in [-0.2, 0) is 9.59 Å². The number of carbonyl (C=O) groups excluding carboxylic acids is 2. The van der Waals surface area contributed by atoms with Crippen molar-refractivity contribution >= 4 is 17.8 Å². The van der Waals surface area contributed by atoms with Gasteiger partial charge in [0.25, 0.3) is 5.96 Å². The summed E-state index contributed by atoms with van der Waals surface area (Å²) in [6, 6.07) is -0.669. The fourth-order valence-corrected chi connectivity index (χ4v) is 3.88. The third-order valence-electron chi connectivity index (χ3n) is 5.93. The summed E-state index contributed by atoms with van der Waals surface area (Å²) in [5.41, 5.74) is 1.72. The summed E-state index contributed by atoms with van der Waals surface area (Å²) in [6.07, 6.45) is 11.6. The van der Waals surface area contributed by atoms with Gasteiger partial charge in [-0.25, -0.2) is 10.1 Å². The second-order valence-electron chi connectivity index (χ2n) is 8.82. The summed E-state index contributed by atoms with van der Waals surface area (Å²) in [5.74, 6) is 0.262. The predicted molar refractivity (Wildman–Crippen MR) is 124 cm³/mol. The molecule has 1 saturated carbocycles. The minimum absolute atomic E-state index is 0.130. The Bertz CT molecular complexity index is 595. The molecule has 1 aliphatic carbocycles. The number of guanidine groups is 1. The van der Waals surface area contributed by atoms with Crippen LogP contribution in [0.4, 0.5) is 0 Å². The Labute approximate surface area is 191 Å². The van der Waals surface area contributed by atoms with Crippen molar-refractivity contribution in [2.75, 3.05) is 13.1 Å². The van der Waals surface area contributed by atoms with Crippen LogP contribution < -0.4 is 21.4 Å². The van der Waals surface area contributed by atoms with Crippen molar-refractivity contribution in [3.63, 3.8) is 0 Å². The number of nitrogens with one attached hydrogen (secondary N) is 5. The molecule has 183 valence electrons. The molecular weight excluding hydrogens is 412 g/mol. The zero-order valence-corrected chi connectivity index (χ0v) is 19.4. The average molecular weight is 454 g/mol. The van der Waals surface area contributed by atoms with E-state index in [0.717, 1.165) is 18.8 Å². The van der Waals surface area contributed by atoms with E-state index in [9.17, 15) is 19.7 Å². The molecule has 2 atom stereocenters. The first-order valence-corrected chi connectivity index (χ1v) is 11.9. The number of carbonyl (C=O) groups is 2. The smallest absolute Gasteiger partial charge is 0.251 e. The van der Waals surface area contributed by atoms with E-state index in [4.69, 9.17) is 5.41 Å². The van der Waals surface area contributed by atoms with Gasteiger partial charge in [0.1, 0.15) is 6.04 Å². The molecule has 0 aromatic carbocycles. The van der Waals surface area contributed by atoms with Crippen LogP contribution >= 0.6 is 0 Å². The first-order chi connectivity index (χ1) is 15.3. The van der Waals surface area contributed by atoms with Crippen LogP contribution in [0.15, 0.2) is 0 Å². The fourth-order valence-electron chi connectivity index (χ4n) is 3.88. The summed E-state index contributed by atoms with van der Waals surface area (Å²) in [4.78, 5) is 35.3. The first kappa shape index (κ1) is 27.6. The lowest BCUT2D eigenvalue weighted by Crippen LogP contribution is -2.48. The zero-order chi connectivity index (χ0) is 23.8. The normalized spacial score (nSPS) is 15.9. The number of nitrogens with zero attached hydrogens (tertiary/aromatic N) is 1. The third-order valence-corrected chi connectivity index (χ3v) is 5.93. The second kappa shape index (κ2) is 16.3. The number of rotatable bonds is 15. The number of hydrazine groups is 1. The van der Waals surface area contributed by atoms with Gasteiger partial charge >= 0.3 is 0 Å². The largest absolute Gasteiger partial charge is 0.354 e. The fraction of sp³-hybridized carbons (Fsp3) is 0.818. The van der Waals surface area contributed by atoms with Gasteiger partial charge in [0, 0.05) is 19.5 Å². The minimum atomic E-state index is -0.816. The Balaban J connectivity index is 2.40. The van der Waals surface area contributed by atoms with E-state index in [1.54, 1.807) is 5.43 Å². The monoisotopic (exact) mass is 453 g/mol. The SMILES string of the molecule is [CH2]CC(C)CNC(=O)[C@H](CCCNC(=N)N[N+](=O)[O-])NC(=O)CCCCC1CCCCC1. The molecule has 1 fully saturated rings. The van der Waals surface area contributed by atoms with Gasteiger partial charge in [-0.05, 0) is 37.5 Å². The average Bonchev–Trinajstić information content (AvgIpc) is 2.77. The molecule has 0 aromatic heterocycles. The van der Waals surface area contributed by atoms with Crippen LogP contribution in [0.5, 0.6) is 0 Å². The molecule has 32 heavy (non-hydrogen) atoms. The summed E-state index contributed by atoms with van der Waals surface area (Å²) in [7, 11) is 0. The maximum absolute atomic E-state index is 12.6. The maximum atomic E-state index is 12.6. The van der Waals surface area contributed by atoms with Gasteiger partial charge in [0.15, 0.2) is 5.03 Å². The number of unbranched alkanes of at least 4 members (excludes halogenated alkanes) is 1. The van der Waals surface area contributed by atoms with E-state index in [-0.39, 0.29) is 24.3 Å². The Hall–Kier alpha value is -2.39. The Morgan fingerprint density at radius 1 is 1.16 bits per heavy atom. The van der Waals surface area contributed by atoms with Gasteiger partial charge in [0.05, 0.1) is 0 Å².